The van der Waals surface area contributed by atoms with Crippen LogP contribution in [0.25, 0.3) is 22.2 Å². The molecule has 0 atom stereocenters. The number of hydrogen-bond acceptors (Lipinski definition) is 5. The first-order chi connectivity index (χ1) is 16.5. The van der Waals surface area contributed by atoms with Crippen LogP contribution in [0.1, 0.15) is 42.7 Å². The highest BCUT2D eigenvalue weighted by molar-refractivity contribution is 6.33. The van der Waals surface area contributed by atoms with Crippen LogP contribution in [0.4, 0.5) is 17.3 Å². The van der Waals surface area contributed by atoms with E-state index in [9.17, 15) is 0 Å². The quantitative estimate of drug-likeness (QED) is 0.325. The van der Waals surface area contributed by atoms with Gasteiger partial charge in [-0.05, 0) is 73.9 Å². The molecule has 2 aromatic heterocycles. The molecule has 1 saturated carbocycles. The van der Waals surface area contributed by atoms with Crippen LogP contribution in [0.15, 0.2) is 48.8 Å². The summed E-state index contributed by atoms with van der Waals surface area (Å²) in [4.78, 5) is 15.1. The van der Waals surface area contributed by atoms with E-state index in [-0.39, 0.29) is 0 Å². The zero-order valence-electron chi connectivity index (χ0n) is 19.3. The lowest BCUT2D eigenvalue weighted by atomic mass is 10.0. The fourth-order valence-corrected chi connectivity index (χ4v) is 5.07. The van der Waals surface area contributed by atoms with Gasteiger partial charge >= 0.3 is 0 Å². The molecule has 6 rings (SSSR count). The van der Waals surface area contributed by atoms with Crippen molar-refractivity contribution < 1.29 is 0 Å². The molecular weight excluding hydrogens is 444 g/mol. The second-order valence-electron chi connectivity index (χ2n) is 9.68. The van der Waals surface area contributed by atoms with Crippen molar-refractivity contribution in [2.45, 2.75) is 44.6 Å². The SMILES string of the molecule is Cc1ccc2c(-c3nc(Nc4cc(C5CC5)cc(N5CCC(N)CC5)c4)ncc3Cl)c[nH]c2c1. The Kier molecular flexibility index (Phi) is 5.42. The van der Waals surface area contributed by atoms with Gasteiger partial charge < -0.3 is 20.9 Å². The molecule has 174 valence electrons. The van der Waals surface area contributed by atoms with Crippen LogP contribution < -0.4 is 16.0 Å². The molecule has 0 amide bonds. The number of aromatic amines is 1. The highest BCUT2D eigenvalue weighted by Gasteiger charge is 2.26. The van der Waals surface area contributed by atoms with E-state index in [4.69, 9.17) is 22.3 Å². The van der Waals surface area contributed by atoms with Gasteiger partial charge in [-0.2, -0.15) is 0 Å². The first-order valence-electron chi connectivity index (χ1n) is 12.1. The van der Waals surface area contributed by atoms with E-state index in [1.54, 1.807) is 6.20 Å². The second kappa shape index (κ2) is 8.60. The molecule has 7 heteroatoms. The number of H-pyrrole nitrogens is 1. The lowest BCUT2D eigenvalue weighted by Gasteiger charge is -2.32. The minimum absolute atomic E-state index is 0.315. The van der Waals surface area contributed by atoms with Crippen LogP contribution in [0.2, 0.25) is 5.02 Å². The van der Waals surface area contributed by atoms with E-state index < -0.39 is 0 Å². The standard InChI is InChI=1S/C27H29ClN6/c1-16-2-5-22-23(14-30-25(22)10-16)26-24(28)15-31-27(33-26)32-20-11-18(17-3-4-17)12-21(13-20)34-8-6-19(29)7-9-34/h2,5,10-15,17,19,30H,3-4,6-9,29H2,1H3,(H,31,32,33). The Morgan fingerprint density at radius 2 is 1.91 bits per heavy atom. The zero-order valence-corrected chi connectivity index (χ0v) is 20.1. The molecule has 0 bridgehead atoms. The van der Waals surface area contributed by atoms with E-state index >= 15 is 0 Å². The number of nitrogens with zero attached hydrogens (tertiary/aromatic N) is 3. The van der Waals surface area contributed by atoms with Gasteiger partial charge in [0, 0.05) is 53.2 Å². The van der Waals surface area contributed by atoms with E-state index in [2.05, 4.69) is 63.5 Å². The molecule has 4 N–H and O–H groups in total. The number of nitrogens with two attached hydrogens (primary N) is 1. The average molecular weight is 473 g/mol. The molecule has 0 unspecified atom stereocenters. The minimum atomic E-state index is 0.315. The van der Waals surface area contributed by atoms with Gasteiger partial charge in [0.2, 0.25) is 5.95 Å². The van der Waals surface area contributed by atoms with Gasteiger partial charge in [0.1, 0.15) is 0 Å². The Bertz CT molecular complexity index is 1350. The normalized spacial score (nSPS) is 16.9. The number of halogens is 1. The van der Waals surface area contributed by atoms with Crippen LogP contribution >= 0.6 is 11.6 Å². The minimum Gasteiger partial charge on any atom is -0.371 e. The Labute approximate surface area is 204 Å². The molecule has 1 aliphatic carbocycles. The second-order valence-corrected chi connectivity index (χ2v) is 10.1. The number of aryl methyl sites for hydroxylation is 1. The summed E-state index contributed by atoms with van der Waals surface area (Å²) in [5.74, 6) is 1.20. The number of anilines is 3. The topological polar surface area (TPSA) is 82.9 Å². The summed E-state index contributed by atoms with van der Waals surface area (Å²) in [6.07, 6.45) is 8.23. The summed E-state index contributed by atoms with van der Waals surface area (Å²) in [5, 5.41) is 5.09. The molecule has 3 heterocycles. The lowest BCUT2D eigenvalue weighted by Crippen LogP contribution is -2.39. The summed E-state index contributed by atoms with van der Waals surface area (Å²) in [7, 11) is 0. The molecule has 6 nitrogen and oxygen atoms in total. The Hall–Kier alpha value is -3.09. The molecule has 2 aromatic carbocycles. The molecule has 4 aromatic rings. The van der Waals surface area contributed by atoms with Crippen molar-refractivity contribution in [2.75, 3.05) is 23.3 Å². The third kappa shape index (κ3) is 4.24. The Morgan fingerprint density at radius 1 is 1.09 bits per heavy atom. The number of rotatable bonds is 5. The molecule has 0 spiro atoms. The molecule has 2 fully saturated rings. The van der Waals surface area contributed by atoms with Gasteiger partial charge in [0.25, 0.3) is 0 Å². The fraction of sp³-hybridized carbons (Fsp3) is 0.333. The highest BCUT2D eigenvalue weighted by Crippen LogP contribution is 2.43. The summed E-state index contributed by atoms with van der Waals surface area (Å²) >= 11 is 6.55. The first kappa shape index (κ1) is 21.4. The highest BCUT2D eigenvalue weighted by atomic mass is 35.5. The third-order valence-electron chi connectivity index (χ3n) is 6.99. The van der Waals surface area contributed by atoms with Crippen molar-refractivity contribution in [3.05, 3.63) is 64.9 Å². The number of benzene rings is 2. The van der Waals surface area contributed by atoms with E-state index in [1.165, 1.54) is 29.7 Å². The molecule has 0 radical (unpaired) electrons. The van der Waals surface area contributed by atoms with Crippen molar-refractivity contribution in [3.8, 4) is 11.3 Å². The monoisotopic (exact) mass is 472 g/mol. The number of aromatic nitrogens is 3. The fourth-order valence-electron chi connectivity index (χ4n) is 4.88. The van der Waals surface area contributed by atoms with Crippen LogP contribution in [-0.2, 0) is 0 Å². The van der Waals surface area contributed by atoms with E-state index in [0.717, 1.165) is 53.8 Å². The van der Waals surface area contributed by atoms with Crippen molar-refractivity contribution in [2.24, 2.45) is 5.73 Å². The number of nitrogens with one attached hydrogen (secondary N) is 2. The van der Waals surface area contributed by atoms with Crippen LogP contribution in [-0.4, -0.2) is 34.1 Å². The lowest BCUT2D eigenvalue weighted by molar-refractivity contribution is 0.501. The summed E-state index contributed by atoms with van der Waals surface area (Å²) in [6, 6.07) is 13.4. The van der Waals surface area contributed by atoms with E-state index in [1.807, 2.05) is 6.20 Å². The third-order valence-corrected chi connectivity index (χ3v) is 7.26. The first-order valence-corrected chi connectivity index (χ1v) is 12.4. The Balaban J connectivity index is 1.33. The number of fused-ring (bicyclic) bond motifs is 1. The van der Waals surface area contributed by atoms with Crippen molar-refractivity contribution in [3.63, 3.8) is 0 Å². The molecule has 34 heavy (non-hydrogen) atoms. The Morgan fingerprint density at radius 3 is 2.71 bits per heavy atom. The maximum atomic E-state index is 6.55. The summed E-state index contributed by atoms with van der Waals surface area (Å²) in [5.41, 5.74) is 13.8. The maximum Gasteiger partial charge on any atom is 0.227 e. The van der Waals surface area contributed by atoms with Gasteiger partial charge in [-0.1, -0.05) is 23.7 Å². The average Bonchev–Trinajstić information content (AvgIpc) is 3.61. The van der Waals surface area contributed by atoms with Gasteiger partial charge in [0.05, 0.1) is 16.9 Å². The van der Waals surface area contributed by atoms with Gasteiger partial charge in [-0.15, -0.1) is 0 Å². The van der Waals surface area contributed by atoms with Crippen molar-refractivity contribution in [1.29, 1.82) is 0 Å². The molecule has 1 saturated heterocycles. The molecule has 1 aliphatic heterocycles. The van der Waals surface area contributed by atoms with Crippen LogP contribution in [0.3, 0.4) is 0 Å². The summed E-state index contributed by atoms with van der Waals surface area (Å²) < 4.78 is 0. The van der Waals surface area contributed by atoms with Gasteiger partial charge in [-0.25, -0.2) is 9.97 Å². The van der Waals surface area contributed by atoms with Crippen molar-refractivity contribution in [1.82, 2.24) is 15.0 Å². The molecule has 2 aliphatic rings. The predicted octanol–water partition coefficient (Wildman–Crippen LogP) is 6.14. The smallest absolute Gasteiger partial charge is 0.227 e. The van der Waals surface area contributed by atoms with Crippen LogP contribution in [0.5, 0.6) is 0 Å². The number of piperidine rings is 1. The van der Waals surface area contributed by atoms with Gasteiger partial charge in [0.15, 0.2) is 0 Å². The van der Waals surface area contributed by atoms with Crippen molar-refractivity contribution >= 4 is 39.8 Å². The van der Waals surface area contributed by atoms with E-state index in [0.29, 0.717) is 22.9 Å². The van der Waals surface area contributed by atoms with Crippen LogP contribution in [0, 0.1) is 6.92 Å². The number of hydrogen-bond donors (Lipinski definition) is 3. The largest absolute Gasteiger partial charge is 0.371 e. The zero-order chi connectivity index (χ0) is 23.2. The van der Waals surface area contributed by atoms with Gasteiger partial charge in [-0.3, -0.25) is 0 Å². The maximum absolute atomic E-state index is 6.55. The summed E-state index contributed by atoms with van der Waals surface area (Å²) in [6.45, 7) is 4.08. The predicted molar refractivity (Wildman–Crippen MR) is 140 cm³/mol. The molecular formula is C27H29ClN6.